The molecule has 2 aliphatic rings. The first-order valence-electron chi connectivity index (χ1n) is 12.8. The lowest BCUT2D eigenvalue weighted by molar-refractivity contribution is -0.119. The maximum Gasteiger partial charge on any atom is 0.257 e. The number of ether oxygens (including phenoxy) is 2. The second-order valence-electron chi connectivity index (χ2n) is 10.2. The van der Waals surface area contributed by atoms with Gasteiger partial charge in [-0.05, 0) is 37.8 Å². The normalized spacial score (nSPS) is 24.5. The molecule has 36 heavy (non-hydrogen) atoms. The Morgan fingerprint density at radius 2 is 2.00 bits per heavy atom. The number of methoxy groups -OCH3 is 1. The zero-order valence-electron chi connectivity index (χ0n) is 21.7. The van der Waals surface area contributed by atoms with Crippen molar-refractivity contribution in [1.82, 2.24) is 14.8 Å². The van der Waals surface area contributed by atoms with Gasteiger partial charge in [0.15, 0.2) is 6.39 Å². The van der Waals surface area contributed by atoms with Crippen LogP contribution in [0.25, 0.3) is 0 Å². The van der Waals surface area contributed by atoms with Crippen molar-refractivity contribution in [3.8, 4) is 5.75 Å². The molecule has 2 heterocycles. The van der Waals surface area contributed by atoms with Crippen LogP contribution < -0.4 is 10.1 Å². The fraction of sp³-hybridized carbons (Fsp3) is 0.593. The minimum atomic E-state index is -0.139. The number of carbonyl (C=O) groups excluding carboxylic acids is 2. The Kier molecular flexibility index (Phi) is 8.64. The molecule has 0 saturated heterocycles. The molecular weight excluding hydrogens is 460 g/mol. The summed E-state index contributed by atoms with van der Waals surface area (Å²) in [6.07, 6.45) is 6.99. The second-order valence-corrected chi connectivity index (χ2v) is 10.2. The lowest BCUT2D eigenvalue weighted by Gasteiger charge is -2.35. The van der Waals surface area contributed by atoms with Gasteiger partial charge in [0.2, 0.25) is 5.91 Å². The number of oxazole rings is 1. The number of aromatic nitrogens is 1. The van der Waals surface area contributed by atoms with Gasteiger partial charge >= 0.3 is 0 Å². The van der Waals surface area contributed by atoms with Crippen LogP contribution in [0.15, 0.2) is 35.3 Å². The second kappa shape index (κ2) is 11.9. The van der Waals surface area contributed by atoms with Crippen LogP contribution in [-0.4, -0.2) is 72.6 Å². The average molecular weight is 499 g/mol. The fourth-order valence-corrected chi connectivity index (χ4v) is 5.10. The first kappa shape index (κ1) is 26.2. The van der Waals surface area contributed by atoms with E-state index in [0.29, 0.717) is 36.7 Å². The molecule has 3 atom stereocenters. The molecule has 4 rings (SSSR count). The third kappa shape index (κ3) is 6.25. The van der Waals surface area contributed by atoms with Gasteiger partial charge in [0.05, 0.1) is 17.4 Å². The Bertz CT molecular complexity index is 1020. The third-order valence-corrected chi connectivity index (χ3v) is 7.42. The summed E-state index contributed by atoms with van der Waals surface area (Å²) in [6, 6.07) is 5.32. The lowest BCUT2D eigenvalue weighted by Crippen LogP contribution is -2.46. The van der Waals surface area contributed by atoms with Crippen molar-refractivity contribution in [2.24, 2.45) is 11.8 Å². The highest BCUT2D eigenvalue weighted by atomic mass is 16.5. The van der Waals surface area contributed by atoms with E-state index in [0.717, 1.165) is 37.9 Å². The van der Waals surface area contributed by atoms with Gasteiger partial charge in [0, 0.05) is 57.5 Å². The molecule has 2 amide bonds. The first-order valence-corrected chi connectivity index (χ1v) is 12.8. The smallest absolute Gasteiger partial charge is 0.257 e. The number of benzene rings is 1. The summed E-state index contributed by atoms with van der Waals surface area (Å²) >= 11 is 0. The van der Waals surface area contributed by atoms with Gasteiger partial charge in [0.25, 0.3) is 5.91 Å². The van der Waals surface area contributed by atoms with Crippen LogP contribution in [0.3, 0.4) is 0 Å². The SMILES string of the molecule is CO[C@H]1CN(C)C(=O)c2ccc(NC(=O)C3CCCC3)cc2OC[C@@H](C)N(Cc2cocn2)C[C@H]1C. The van der Waals surface area contributed by atoms with Crippen molar-refractivity contribution in [2.75, 3.05) is 39.2 Å². The molecule has 9 heteroatoms. The number of nitrogens with zero attached hydrogens (tertiary/aromatic N) is 3. The molecule has 1 aliphatic carbocycles. The topological polar surface area (TPSA) is 97.1 Å². The highest BCUT2D eigenvalue weighted by Crippen LogP contribution is 2.29. The largest absolute Gasteiger partial charge is 0.491 e. The fourth-order valence-electron chi connectivity index (χ4n) is 5.10. The summed E-state index contributed by atoms with van der Waals surface area (Å²) in [5.41, 5.74) is 1.96. The van der Waals surface area contributed by atoms with E-state index in [-0.39, 0.29) is 35.8 Å². The minimum absolute atomic E-state index is 0.0264. The molecule has 1 aromatic carbocycles. The van der Waals surface area contributed by atoms with Gasteiger partial charge < -0.3 is 24.1 Å². The molecule has 1 aliphatic heterocycles. The van der Waals surface area contributed by atoms with Crippen molar-refractivity contribution in [3.05, 3.63) is 42.1 Å². The number of rotatable bonds is 5. The summed E-state index contributed by atoms with van der Waals surface area (Å²) in [6.45, 7) is 6.40. The molecule has 1 aromatic heterocycles. The van der Waals surface area contributed by atoms with Crippen molar-refractivity contribution in [1.29, 1.82) is 0 Å². The Labute approximate surface area is 213 Å². The highest BCUT2D eigenvalue weighted by molar-refractivity contribution is 5.98. The number of carbonyl (C=O) groups is 2. The van der Waals surface area contributed by atoms with Crippen LogP contribution in [0.2, 0.25) is 0 Å². The van der Waals surface area contributed by atoms with Gasteiger partial charge in [-0.25, -0.2) is 4.98 Å². The van der Waals surface area contributed by atoms with E-state index < -0.39 is 0 Å². The Hall–Kier alpha value is -2.91. The summed E-state index contributed by atoms with van der Waals surface area (Å²) in [4.78, 5) is 34.4. The van der Waals surface area contributed by atoms with E-state index in [9.17, 15) is 9.59 Å². The number of amides is 2. The van der Waals surface area contributed by atoms with Crippen molar-refractivity contribution in [2.45, 2.75) is 58.2 Å². The van der Waals surface area contributed by atoms with E-state index in [1.165, 1.54) is 6.39 Å². The van der Waals surface area contributed by atoms with E-state index >= 15 is 0 Å². The van der Waals surface area contributed by atoms with Crippen LogP contribution in [0.4, 0.5) is 5.69 Å². The Morgan fingerprint density at radius 1 is 1.22 bits per heavy atom. The monoisotopic (exact) mass is 498 g/mol. The molecule has 196 valence electrons. The number of nitrogens with one attached hydrogen (secondary N) is 1. The molecule has 9 nitrogen and oxygen atoms in total. The zero-order valence-corrected chi connectivity index (χ0v) is 21.7. The molecule has 1 N–H and O–H groups in total. The summed E-state index contributed by atoms with van der Waals surface area (Å²) in [5.74, 6) is 0.574. The van der Waals surface area contributed by atoms with Crippen LogP contribution >= 0.6 is 0 Å². The molecule has 2 aromatic rings. The predicted molar refractivity (Wildman–Crippen MR) is 136 cm³/mol. The van der Waals surface area contributed by atoms with E-state index in [4.69, 9.17) is 13.9 Å². The standard InChI is InChI=1S/C27H38N4O5/c1-18-12-31(13-22-16-35-17-28-22)19(2)15-36-24-11-21(29-26(32)20-7-5-6-8-20)9-10-23(24)27(33)30(3)14-25(18)34-4/h9-11,16-20,25H,5-8,12-15H2,1-4H3,(H,29,32)/t18-,19-,25+/m1/s1. The van der Waals surface area contributed by atoms with Crippen LogP contribution in [0.5, 0.6) is 5.75 Å². The molecule has 1 saturated carbocycles. The maximum atomic E-state index is 13.4. The van der Waals surface area contributed by atoms with Crippen molar-refractivity contribution < 1.29 is 23.5 Å². The molecular formula is C27H38N4O5. The average Bonchev–Trinajstić information content (AvgIpc) is 3.59. The van der Waals surface area contributed by atoms with Gasteiger partial charge in [-0.2, -0.15) is 0 Å². The lowest BCUT2D eigenvalue weighted by atomic mass is 10.0. The summed E-state index contributed by atoms with van der Waals surface area (Å²) in [5, 5.41) is 3.03. The van der Waals surface area contributed by atoms with Crippen molar-refractivity contribution >= 4 is 17.5 Å². The molecule has 0 bridgehead atoms. The molecule has 0 spiro atoms. The Balaban J connectivity index is 1.60. The number of fused-ring (bicyclic) bond motifs is 1. The van der Waals surface area contributed by atoms with Gasteiger partial charge in [-0.15, -0.1) is 0 Å². The van der Waals surface area contributed by atoms with Gasteiger partial charge in [-0.3, -0.25) is 14.5 Å². The first-order chi connectivity index (χ1) is 17.4. The molecule has 0 radical (unpaired) electrons. The Morgan fingerprint density at radius 3 is 2.69 bits per heavy atom. The zero-order chi connectivity index (χ0) is 25.7. The predicted octanol–water partition coefficient (Wildman–Crippen LogP) is 3.81. The van der Waals surface area contributed by atoms with Crippen LogP contribution in [0.1, 0.15) is 55.6 Å². The number of likely N-dealkylation sites (N-methyl/N-ethyl adjacent to an activating group) is 1. The summed E-state index contributed by atoms with van der Waals surface area (Å²) < 4.78 is 17.3. The quantitative estimate of drug-likeness (QED) is 0.670. The minimum Gasteiger partial charge on any atom is -0.491 e. The highest BCUT2D eigenvalue weighted by Gasteiger charge is 2.29. The number of hydrogen-bond acceptors (Lipinski definition) is 7. The van der Waals surface area contributed by atoms with Crippen LogP contribution in [-0.2, 0) is 16.1 Å². The van der Waals surface area contributed by atoms with Gasteiger partial charge in [0.1, 0.15) is 18.6 Å². The molecule has 1 fully saturated rings. The van der Waals surface area contributed by atoms with E-state index in [2.05, 4.69) is 29.0 Å². The third-order valence-electron chi connectivity index (χ3n) is 7.42. The van der Waals surface area contributed by atoms with Gasteiger partial charge in [-0.1, -0.05) is 19.8 Å². The van der Waals surface area contributed by atoms with Crippen molar-refractivity contribution in [3.63, 3.8) is 0 Å². The summed E-state index contributed by atoms with van der Waals surface area (Å²) in [7, 11) is 3.47. The number of anilines is 1. The van der Waals surface area contributed by atoms with E-state index in [1.807, 2.05) is 0 Å². The van der Waals surface area contributed by atoms with E-state index in [1.54, 1.807) is 43.5 Å². The van der Waals surface area contributed by atoms with Crippen LogP contribution in [0, 0.1) is 11.8 Å². The molecule has 0 unspecified atom stereocenters. The number of hydrogen-bond donors (Lipinski definition) is 1. The maximum absolute atomic E-state index is 13.4.